The summed E-state index contributed by atoms with van der Waals surface area (Å²) < 4.78 is 5.28. The number of likely N-dealkylation sites (tertiary alicyclic amines) is 1. The molecule has 2 rings (SSSR count). The first-order valence-corrected chi connectivity index (χ1v) is 5.78. The van der Waals surface area contributed by atoms with Gasteiger partial charge in [-0.1, -0.05) is 18.2 Å². The van der Waals surface area contributed by atoms with Crippen molar-refractivity contribution in [3.8, 4) is 5.75 Å². The van der Waals surface area contributed by atoms with E-state index >= 15 is 0 Å². The van der Waals surface area contributed by atoms with E-state index in [0.29, 0.717) is 13.1 Å². The molecule has 1 atom stereocenters. The van der Waals surface area contributed by atoms with Crippen LogP contribution in [0.4, 0.5) is 0 Å². The van der Waals surface area contributed by atoms with Crippen LogP contribution in [0.15, 0.2) is 24.3 Å². The Kier molecular flexibility index (Phi) is 3.50. The topological polar surface area (TPSA) is 66.8 Å². The van der Waals surface area contributed by atoms with Gasteiger partial charge >= 0.3 is 11.9 Å². The zero-order chi connectivity index (χ0) is 13.1. The lowest BCUT2D eigenvalue weighted by Gasteiger charge is -2.16. The molecule has 1 aromatic carbocycles. The summed E-state index contributed by atoms with van der Waals surface area (Å²) in [5.74, 6) is -1.29. The Balaban J connectivity index is 2.13. The lowest BCUT2D eigenvalue weighted by molar-refractivity contribution is -0.155. The molecule has 5 nitrogen and oxygen atoms in total. The second-order valence-corrected chi connectivity index (χ2v) is 4.28. The lowest BCUT2D eigenvalue weighted by Crippen LogP contribution is -2.34. The van der Waals surface area contributed by atoms with Gasteiger partial charge in [0.15, 0.2) is 0 Å². The maximum Gasteiger partial charge on any atom is 0.394 e. The minimum absolute atomic E-state index is 0.143. The van der Waals surface area contributed by atoms with Gasteiger partial charge < -0.3 is 14.7 Å². The van der Waals surface area contributed by atoms with Crippen molar-refractivity contribution in [1.29, 1.82) is 0 Å². The number of methoxy groups -OCH3 is 1. The third-order valence-electron chi connectivity index (χ3n) is 3.24. The maximum absolute atomic E-state index is 11.4. The maximum atomic E-state index is 11.4. The Morgan fingerprint density at radius 3 is 2.78 bits per heavy atom. The summed E-state index contributed by atoms with van der Waals surface area (Å²) in [6.45, 7) is 0.916. The van der Waals surface area contributed by atoms with E-state index in [-0.39, 0.29) is 5.92 Å². The number of nitrogens with zero attached hydrogens (tertiary/aromatic N) is 1. The molecule has 96 valence electrons. The minimum atomic E-state index is -1.39. The van der Waals surface area contributed by atoms with Gasteiger partial charge in [-0.3, -0.25) is 4.79 Å². The molecule has 1 aliphatic heterocycles. The number of carboxylic acids is 1. The number of aliphatic carboxylic acids is 1. The summed E-state index contributed by atoms with van der Waals surface area (Å²) in [6, 6.07) is 7.63. The van der Waals surface area contributed by atoms with E-state index in [9.17, 15) is 9.59 Å². The van der Waals surface area contributed by atoms with Crippen LogP contribution in [-0.4, -0.2) is 42.1 Å². The molecule has 1 saturated heterocycles. The quantitative estimate of drug-likeness (QED) is 0.797. The van der Waals surface area contributed by atoms with Crippen LogP contribution in [0, 0.1) is 0 Å². The first kappa shape index (κ1) is 12.4. The van der Waals surface area contributed by atoms with Gasteiger partial charge in [0.1, 0.15) is 5.75 Å². The summed E-state index contributed by atoms with van der Waals surface area (Å²) in [5, 5.41) is 8.68. The van der Waals surface area contributed by atoms with Crippen LogP contribution in [0.2, 0.25) is 0 Å². The van der Waals surface area contributed by atoms with Gasteiger partial charge in [0.25, 0.3) is 0 Å². The van der Waals surface area contributed by atoms with Crippen molar-refractivity contribution in [3.05, 3.63) is 29.8 Å². The molecular weight excluding hydrogens is 234 g/mol. The van der Waals surface area contributed by atoms with E-state index in [4.69, 9.17) is 9.84 Å². The van der Waals surface area contributed by atoms with Crippen molar-refractivity contribution in [1.82, 2.24) is 4.90 Å². The van der Waals surface area contributed by atoms with Crippen LogP contribution in [0.1, 0.15) is 17.9 Å². The predicted molar refractivity (Wildman–Crippen MR) is 64.6 cm³/mol. The molecule has 1 amide bonds. The van der Waals surface area contributed by atoms with Crippen molar-refractivity contribution in [2.75, 3.05) is 20.2 Å². The predicted octanol–water partition coefficient (Wildman–Crippen LogP) is 1.10. The number of carbonyl (C=O) groups is 2. The fourth-order valence-corrected chi connectivity index (χ4v) is 2.34. The number of hydrogen-bond acceptors (Lipinski definition) is 3. The number of ether oxygens (including phenoxy) is 1. The minimum Gasteiger partial charge on any atom is -0.496 e. The summed E-state index contributed by atoms with van der Waals surface area (Å²) in [7, 11) is 1.61. The van der Waals surface area contributed by atoms with Gasteiger partial charge in [0.2, 0.25) is 0 Å². The smallest absolute Gasteiger partial charge is 0.394 e. The summed E-state index contributed by atoms with van der Waals surface area (Å²) >= 11 is 0. The molecule has 5 heteroatoms. The zero-order valence-corrected chi connectivity index (χ0v) is 10.1. The van der Waals surface area contributed by atoms with Crippen LogP contribution in [0.25, 0.3) is 0 Å². The van der Waals surface area contributed by atoms with Crippen LogP contribution < -0.4 is 4.74 Å². The molecule has 1 fully saturated rings. The summed E-state index contributed by atoms with van der Waals surface area (Å²) in [4.78, 5) is 23.4. The van der Waals surface area contributed by atoms with E-state index in [2.05, 4.69) is 0 Å². The number of para-hydroxylation sites is 1. The van der Waals surface area contributed by atoms with Gasteiger partial charge in [-0.2, -0.15) is 0 Å². The fraction of sp³-hybridized carbons (Fsp3) is 0.385. The van der Waals surface area contributed by atoms with Crippen molar-refractivity contribution in [3.63, 3.8) is 0 Å². The Morgan fingerprint density at radius 2 is 2.11 bits per heavy atom. The average Bonchev–Trinajstić information content (AvgIpc) is 2.87. The molecule has 0 aliphatic carbocycles. The Labute approximate surface area is 105 Å². The second kappa shape index (κ2) is 5.08. The first-order valence-electron chi connectivity index (χ1n) is 5.78. The average molecular weight is 249 g/mol. The van der Waals surface area contributed by atoms with Crippen molar-refractivity contribution >= 4 is 11.9 Å². The van der Waals surface area contributed by atoms with E-state index in [0.717, 1.165) is 17.7 Å². The van der Waals surface area contributed by atoms with Gasteiger partial charge in [0.05, 0.1) is 7.11 Å². The number of amides is 1. The van der Waals surface area contributed by atoms with Crippen molar-refractivity contribution < 1.29 is 19.4 Å². The number of hydrogen-bond donors (Lipinski definition) is 1. The SMILES string of the molecule is COc1ccccc1C1CCN(C(=O)C(=O)O)C1. The number of rotatable bonds is 2. The molecule has 0 bridgehead atoms. The largest absolute Gasteiger partial charge is 0.496 e. The van der Waals surface area contributed by atoms with E-state index in [1.54, 1.807) is 7.11 Å². The van der Waals surface area contributed by atoms with E-state index < -0.39 is 11.9 Å². The highest BCUT2D eigenvalue weighted by Crippen LogP contribution is 2.33. The third-order valence-corrected chi connectivity index (χ3v) is 3.24. The van der Waals surface area contributed by atoms with Crippen LogP contribution >= 0.6 is 0 Å². The number of carboxylic acid groups (broad SMARTS) is 1. The van der Waals surface area contributed by atoms with Crippen molar-refractivity contribution in [2.45, 2.75) is 12.3 Å². The molecule has 18 heavy (non-hydrogen) atoms. The first-order chi connectivity index (χ1) is 8.63. The van der Waals surface area contributed by atoms with Crippen LogP contribution in [0.5, 0.6) is 5.75 Å². The monoisotopic (exact) mass is 249 g/mol. The Hall–Kier alpha value is -2.04. The van der Waals surface area contributed by atoms with E-state index in [1.165, 1.54) is 4.90 Å². The van der Waals surface area contributed by atoms with E-state index in [1.807, 2.05) is 24.3 Å². The van der Waals surface area contributed by atoms with Crippen LogP contribution in [0.3, 0.4) is 0 Å². The molecular formula is C13H15NO4. The third kappa shape index (κ3) is 2.30. The highest BCUT2D eigenvalue weighted by atomic mass is 16.5. The molecule has 1 unspecified atom stereocenters. The fourth-order valence-electron chi connectivity index (χ4n) is 2.34. The summed E-state index contributed by atoms with van der Waals surface area (Å²) in [6.07, 6.45) is 0.763. The molecule has 0 saturated carbocycles. The van der Waals surface area contributed by atoms with Gasteiger partial charge in [-0.25, -0.2) is 4.79 Å². The molecule has 1 aliphatic rings. The highest BCUT2D eigenvalue weighted by molar-refractivity contribution is 6.31. The molecule has 0 radical (unpaired) electrons. The molecule has 0 aromatic heterocycles. The Morgan fingerprint density at radius 1 is 1.39 bits per heavy atom. The molecule has 0 spiro atoms. The van der Waals surface area contributed by atoms with Gasteiger partial charge in [0, 0.05) is 19.0 Å². The highest BCUT2D eigenvalue weighted by Gasteiger charge is 2.31. The second-order valence-electron chi connectivity index (χ2n) is 4.28. The standard InChI is InChI=1S/C13H15NO4/c1-18-11-5-3-2-4-10(11)9-6-7-14(8-9)12(15)13(16)17/h2-5,9H,6-8H2,1H3,(H,16,17). The molecule has 1 heterocycles. The number of carbonyl (C=O) groups excluding carboxylic acids is 1. The molecule has 1 N–H and O–H groups in total. The Bertz CT molecular complexity index is 472. The van der Waals surface area contributed by atoms with Gasteiger partial charge in [-0.05, 0) is 18.1 Å². The van der Waals surface area contributed by atoms with Gasteiger partial charge in [-0.15, -0.1) is 0 Å². The van der Waals surface area contributed by atoms with Crippen LogP contribution in [-0.2, 0) is 9.59 Å². The molecule has 1 aromatic rings. The number of benzene rings is 1. The summed E-state index contributed by atoms with van der Waals surface area (Å²) in [5.41, 5.74) is 1.03. The lowest BCUT2D eigenvalue weighted by atomic mass is 9.97. The normalized spacial score (nSPS) is 18.7. The van der Waals surface area contributed by atoms with Crippen molar-refractivity contribution in [2.24, 2.45) is 0 Å². The zero-order valence-electron chi connectivity index (χ0n) is 10.1.